The molecule has 1 aromatic rings. The van der Waals surface area contributed by atoms with Gasteiger partial charge in [0, 0.05) is 4.90 Å². The number of rotatable bonds is 3. The van der Waals surface area contributed by atoms with Gasteiger partial charge in [-0.05, 0) is 24.6 Å². The zero-order chi connectivity index (χ0) is 9.84. The minimum atomic E-state index is -2.41. The second-order valence-corrected chi connectivity index (χ2v) is 3.69. The van der Waals surface area contributed by atoms with E-state index in [1.165, 1.54) is 0 Å². The molecule has 72 valence electrons. The lowest BCUT2D eigenvalue weighted by Crippen LogP contribution is -1.91. The Morgan fingerprint density at radius 2 is 2.08 bits per heavy atom. The van der Waals surface area contributed by atoms with Crippen molar-refractivity contribution in [1.82, 2.24) is 0 Å². The molecule has 1 aromatic carbocycles. The maximum Gasteiger partial charge on any atom is 0.288 e. The number of alkyl halides is 2. The van der Waals surface area contributed by atoms with Gasteiger partial charge in [0.1, 0.15) is 0 Å². The van der Waals surface area contributed by atoms with E-state index in [9.17, 15) is 13.9 Å². The molecule has 1 N–H and O–H groups in total. The van der Waals surface area contributed by atoms with Crippen LogP contribution >= 0.6 is 11.8 Å². The van der Waals surface area contributed by atoms with E-state index < -0.39 is 11.9 Å². The Labute approximate surface area is 79.8 Å². The fourth-order valence-corrected chi connectivity index (χ4v) is 1.52. The number of aliphatic hydroxyl groups excluding tert-OH is 1. The predicted octanol–water partition coefficient (Wildman–Crippen LogP) is 3.05. The molecule has 1 atom stereocenters. The number of benzene rings is 1. The maximum absolute atomic E-state index is 12.0. The molecule has 1 nitrogen and oxygen atoms in total. The maximum atomic E-state index is 12.0. The highest BCUT2D eigenvalue weighted by atomic mass is 32.2. The van der Waals surface area contributed by atoms with Gasteiger partial charge < -0.3 is 5.11 Å². The standard InChI is InChI=1S/C9H10F2OS/c1-6(12)7-3-2-4-8(5-7)13-9(10)11/h2-6,9,12H,1H3/t6-/m1/s1. The molecule has 0 unspecified atom stereocenters. The fourth-order valence-electron chi connectivity index (χ4n) is 0.951. The first-order chi connectivity index (χ1) is 6.09. The monoisotopic (exact) mass is 204 g/mol. The van der Waals surface area contributed by atoms with Crippen molar-refractivity contribution in [2.75, 3.05) is 0 Å². The summed E-state index contributed by atoms with van der Waals surface area (Å²) < 4.78 is 23.9. The summed E-state index contributed by atoms with van der Waals surface area (Å²) in [5.74, 6) is -2.41. The summed E-state index contributed by atoms with van der Waals surface area (Å²) in [6.45, 7) is 1.60. The molecule has 0 spiro atoms. The first kappa shape index (κ1) is 10.5. The summed E-state index contributed by atoms with van der Waals surface area (Å²) in [4.78, 5) is 0.480. The van der Waals surface area contributed by atoms with E-state index in [4.69, 9.17) is 0 Å². The van der Waals surface area contributed by atoms with E-state index in [0.717, 1.165) is 0 Å². The second-order valence-electron chi connectivity index (χ2n) is 2.63. The van der Waals surface area contributed by atoms with Gasteiger partial charge in [-0.2, -0.15) is 8.78 Å². The van der Waals surface area contributed by atoms with Gasteiger partial charge in [-0.15, -0.1) is 0 Å². The molecule has 13 heavy (non-hydrogen) atoms. The average Bonchev–Trinajstić information content (AvgIpc) is 2.03. The summed E-state index contributed by atoms with van der Waals surface area (Å²) in [5, 5.41) is 9.19. The van der Waals surface area contributed by atoms with Crippen molar-refractivity contribution < 1.29 is 13.9 Å². The Kier molecular flexibility index (Phi) is 3.69. The van der Waals surface area contributed by atoms with Crippen molar-refractivity contribution in [2.45, 2.75) is 23.7 Å². The van der Waals surface area contributed by atoms with Crippen LogP contribution in [0, 0.1) is 0 Å². The molecule has 0 amide bonds. The van der Waals surface area contributed by atoms with E-state index in [1.807, 2.05) is 0 Å². The Morgan fingerprint density at radius 3 is 2.62 bits per heavy atom. The molecule has 0 bridgehead atoms. The van der Waals surface area contributed by atoms with Crippen LogP contribution < -0.4 is 0 Å². The van der Waals surface area contributed by atoms with Gasteiger partial charge >= 0.3 is 0 Å². The topological polar surface area (TPSA) is 20.2 Å². The molecule has 0 saturated heterocycles. The molecule has 0 aliphatic carbocycles. The second kappa shape index (κ2) is 4.58. The third kappa shape index (κ3) is 3.32. The van der Waals surface area contributed by atoms with Crippen LogP contribution in [0.15, 0.2) is 29.2 Å². The van der Waals surface area contributed by atoms with E-state index >= 15 is 0 Å². The number of aliphatic hydroxyl groups is 1. The van der Waals surface area contributed by atoms with Crippen molar-refractivity contribution in [1.29, 1.82) is 0 Å². The minimum Gasteiger partial charge on any atom is -0.389 e. The molecule has 0 radical (unpaired) electrons. The summed E-state index contributed by atoms with van der Waals surface area (Å²) >= 11 is 0.486. The van der Waals surface area contributed by atoms with E-state index in [0.29, 0.717) is 22.2 Å². The number of hydrogen-bond donors (Lipinski definition) is 1. The molecule has 0 aromatic heterocycles. The van der Waals surface area contributed by atoms with Crippen LogP contribution in [-0.4, -0.2) is 10.9 Å². The molecule has 0 heterocycles. The van der Waals surface area contributed by atoms with E-state index in [-0.39, 0.29) is 0 Å². The molecule has 4 heteroatoms. The SMILES string of the molecule is C[C@@H](O)c1cccc(SC(F)F)c1. The quantitative estimate of drug-likeness (QED) is 0.763. The summed E-state index contributed by atoms with van der Waals surface area (Å²) in [6, 6.07) is 6.54. The highest BCUT2D eigenvalue weighted by Gasteiger charge is 2.07. The van der Waals surface area contributed by atoms with Crippen LogP contribution in [0.3, 0.4) is 0 Å². The first-order valence-electron chi connectivity index (χ1n) is 3.82. The minimum absolute atomic E-state index is 0.480. The van der Waals surface area contributed by atoms with Gasteiger partial charge in [-0.1, -0.05) is 23.9 Å². The van der Waals surface area contributed by atoms with Crippen molar-refractivity contribution in [3.8, 4) is 0 Å². The summed E-state index contributed by atoms with van der Waals surface area (Å²) in [5.41, 5.74) is 0.658. The van der Waals surface area contributed by atoms with Crippen molar-refractivity contribution in [2.24, 2.45) is 0 Å². The van der Waals surface area contributed by atoms with Crippen LogP contribution in [0.1, 0.15) is 18.6 Å². The Morgan fingerprint density at radius 1 is 1.38 bits per heavy atom. The first-order valence-corrected chi connectivity index (χ1v) is 4.70. The van der Waals surface area contributed by atoms with Crippen LogP contribution in [-0.2, 0) is 0 Å². The van der Waals surface area contributed by atoms with Gasteiger partial charge in [-0.25, -0.2) is 0 Å². The zero-order valence-corrected chi connectivity index (χ0v) is 7.89. The van der Waals surface area contributed by atoms with Crippen LogP contribution in [0.4, 0.5) is 8.78 Å². The lowest BCUT2D eigenvalue weighted by Gasteiger charge is -2.06. The zero-order valence-electron chi connectivity index (χ0n) is 7.08. The smallest absolute Gasteiger partial charge is 0.288 e. The average molecular weight is 204 g/mol. The Hall–Kier alpha value is -0.610. The van der Waals surface area contributed by atoms with Crippen molar-refractivity contribution in [3.63, 3.8) is 0 Å². The molecule has 0 aliphatic heterocycles. The van der Waals surface area contributed by atoms with Gasteiger partial charge in [-0.3, -0.25) is 0 Å². The van der Waals surface area contributed by atoms with Gasteiger partial charge in [0.2, 0.25) is 0 Å². The molecule has 0 saturated carbocycles. The molecule has 0 fully saturated rings. The van der Waals surface area contributed by atoms with Crippen LogP contribution in [0.25, 0.3) is 0 Å². The fraction of sp³-hybridized carbons (Fsp3) is 0.333. The van der Waals surface area contributed by atoms with Crippen LogP contribution in [0.2, 0.25) is 0 Å². The predicted molar refractivity (Wildman–Crippen MR) is 48.9 cm³/mol. The molecular weight excluding hydrogens is 194 g/mol. The largest absolute Gasteiger partial charge is 0.389 e. The number of halogens is 2. The van der Waals surface area contributed by atoms with Gasteiger partial charge in [0.05, 0.1) is 6.10 Å². The Balaban J connectivity index is 2.79. The van der Waals surface area contributed by atoms with Gasteiger partial charge in [0.25, 0.3) is 5.76 Å². The molecular formula is C9H10F2OS. The summed E-state index contributed by atoms with van der Waals surface area (Å²) in [7, 11) is 0. The van der Waals surface area contributed by atoms with Gasteiger partial charge in [0.15, 0.2) is 0 Å². The van der Waals surface area contributed by atoms with Crippen LogP contribution in [0.5, 0.6) is 0 Å². The highest BCUT2D eigenvalue weighted by Crippen LogP contribution is 2.27. The molecule has 1 rings (SSSR count). The van der Waals surface area contributed by atoms with Crippen molar-refractivity contribution in [3.05, 3.63) is 29.8 Å². The summed E-state index contributed by atoms with van der Waals surface area (Å²) in [6.07, 6.45) is -0.613. The van der Waals surface area contributed by atoms with E-state index in [2.05, 4.69) is 0 Å². The third-order valence-electron chi connectivity index (χ3n) is 1.57. The van der Waals surface area contributed by atoms with E-state index in [1.54, 1.807) is 31.2 Å². The highest BCUT2D eigenvalue weighted by molar-refractivity contribution is 7.99. The number of thioether (sulfide) groups is 1. The lowest BCUT2D eigenvalue weighted by molar-refractivity contribution is 0.199. The lowest BCUT2D eigenvalue weighted by atomic mass is 10.1. The Bertz CT molecular complexity index is 276. The van der Waals surface area contributed by atoms with Crippen molar-refractivity contribution >= 4 is 11.8 Å². The molecule has 0 aliphatic rings. The third-order valence-corrected chi connectivity index (χ3v) is 2.27. The number of hydrogen-bond acceptors (Lipinski definition) is 2. The normalized spacial score (nSPS) is 13.3.